The highest BCUT2D eigenvalue weighted by atomic mass is 35.5. The largest absolute Gasteiger partial charge is 0.462 e. The number of ether oxygens (including phenoxy) is 2. The summed E-state index contributed by atoms with van der Waals surface area (Å²) >= 11 is 6.95. The first-order valence-corrected chi connectivity index (χ1v) is 12.2. The molecule has 0 aliphatic heterocycles. The van der Waals surface area contributed by atoms with Crippen LogP contribution in [-0.2, 0) is 23.9 Å². The van der Waals surface area contributed by atoms with Gasteiger partial charge in [-0.3, -0.25) is 4.79 Å². The van der Waals surface area contributed by atoms with Gasteiger partial charge >= 0.3 is 11.9 Å². The van der Waals surface area contributed by atoms with Crippen molar-refractivity contribution in [2.24, 2.45) is 0 Å². The third kappa shape index (κ3) is 8.43. The van der Waals surface area contributed by atoms with Crippen LogP contribution in [0.25, 0.3) is 0 Å². The second-order valence-corrected chi connectivity index (χ2v) is 8.81. The summed E-state index contributed by atoms with van der Waals surface area (Å²) in [4.78, 5) is 37.8. The molecule has 0 unspecified atom stereocenters. The normalized spacial score (nSPS) is 10.4. The topological polar surface area (TPSA) is 93.7 Å². The fraction of sp³-hybridized carbons (Fsp3) is 0.320. The minimum atomic E-state index is -0.838. The molecular formula is C25H29ClN2O5S. The van der Waals surface area contributed by atoms with Crippen LogP contribution in [0.3, 0.4) is 0 Å². The van der Waals surface area contributed by atoms with Crippen LogP contribution >= 0.6 is 23.4 Å². The number of hydrogen-bond acceptors (Lipinski definition) is 7. The average molecular weight is 505 g/mol. The average Bonchev–Trinajstić information content (AvgIpc) is 2.79. The van der Waals surface area contributed by atoms with Crippen molar-refractivity contribution in [1.29, 1.82) is 0 Å². The van der Waals surface area contributed by atoms with Crippen molar-refractivity contribution >= 4 is 52.6 Å². The van der Waals surface area contributed by atoms with E-state index >= 15 is 0 Å². The Morgan fingerprint density at radius 2 is 1.35 bits per heavy atom. The van der Waals surface area contributed by atoms with Crippen LogP contribution in [0.1, 0.15) is 39.2 Å². The lowest BCUT2D eigenvalue weighted by Gasteiger charge is -2.16. The van der Waals surface area contributed by atoms with E-state index in [2.05, 4.69) is 24.5 Å². The lowest BCUT2D eigenvalue weighted by molar-refractivity contribution is -0.146. The van der Waals surface area contributed by atoms with Crippen molar-refractivity contribution in [3.8, 4) is 0 Å². The molecule has 1 amide bonds. The fourth-order valence-electron chi connectivity index (χ4n) is 2.80. The molecule has 0 bridgehead atoms. The molecule has 0 heterocycles. The molecule has 0 aliphatic rings. The van der Waals surface area contributed by atoms with Gasteiger partial charge in [-0.2, -0.15) is 0 Å². The third-order valence-electron chi connectivity index (χ3n) is 4.50. The predicted molar refractivity (Wildman–Crippen MR) is 137 cm³/mol. The molecule has 0 atom stereocenters. The summed E-state index contributed by atoms with van der Waals surface area (Å²) < 4.78 is 10.1. The molecule has 0 saturated carbocycles. The highest BCUT2D eigenvalue weighted by molar-refractivity contribution is 8.03. The number of amides is 1. The summed E-state index contributed by atoms with van der Waals surface area (Å²) in [5, 5.41) is 6.52. The molecule has 2 rings (SSSR count). The Morgan fingerprint density at radius 1 is 0.853 bits per heavy atom. The van der Waals surface area contributed by atoms with E-state index in [1.807, 2.05) is 24.3 Å². The molecule has 0 saturated heterocycles. The number of anilines is 2. The molecule has 0 aromatic heterocycles. The maximum absolute atomic E-state index is 12.6. The first-order valence-electron chi connectivity index (χ1n) is 10.9. The van der Waals surface area contributed by atoms with Gasteiger partial charge in [0.2, 0.25) is 5.91 Å². The highest BCUT2D eigenvalue weighted by Crippen LogP contribution is 2.26. The quantitative estimate of drug-likeness (QED) is 0.178. The molecule has 0 aliphatic carbocycles. The van der Waals surface area contributed by atoms with Crippen molar-refractivity contribution in [2.45, 2.75) is 33.6 Å². The molecular weight excluding hydrogens is 476 g/mol. The summed E-state index contributed by atoms with van der Waals surface area (Å²) in [5.74, 6) is -1.66. The summed E-state index contributed by atoms with van der Waals surface area (Å²) in [6.45, 7) is 7.62. The van der Waals surface area contributed by atoms with Crippen molar-refractivity contribution < 1.29 is 23.9 Å². The molecule has 7 nitrogen and oxygen atoms in total. The Labute approximate surface area is 209 Å². The standard InChI is InChI=1S/C25H29ClN2O5S/c1-5-32-24(30)22(25(31)33-6-2)23(28-20-13-9-18(26)10-14-20)34-15-21(29)27-19-11-7-17(8-12-19)16(3)4/h7-14,16,28H,5-6,15H2,1-4H3,(H,27,29). The van der Waals surface area contributed by atoms with E-state index in [-0.39, 0.29) is 35.5 Å². The first kappa shape index (κ1) is 27.3. The number of thioether (sulfide) groups is 1. The van der Waals surface area contributed by atoms with Gasteiger partial charge in [-0.05, 0) is 61.7 Å². The minimum absolute atomic E-state index is 0.0653. The number of halogens is 1. The van der Waals surface area contributed by atoms with Crippen molar-refractivity contribution in [2.75, 3.05) is 29.6 Å². The lowest BCUT2D eigenvalue weighted by Crippen LogP contribution is -2.23. The lowest BCUT2D eigenvalue weighted by atomic mass is 10.0. The molecule has 0 radical (unpaired) electrons. The summed E-state index contributed by atoms with van der Waals surface area (Å²) in [5.41, 5.74) is 2.08. The highest BCUT2D eigenvalue weighted by Gasteiger charge is 2.27. The van der Waals surface area contributed by atoms with Crippen LogP contribution < -0.4 is 10.6 Å². The summed E-state index contributed by atoms with van der Waals surface area (Å²) in [7, 11) is 0. The van der Waals surface area contributed by atoms with Gasteiger partial charge in [0.05, 0.1) is 24.0 Å². The Morgan fingerprint density at radius 3 is 1.85 bits per heavy atom. The Bertz CT molecular complexity index is 1000. The zero-order chi connectivity index (χ0) is 25.1. The minimum Gasteiger partial charge on any atom is -0.462 e. The van der Waals surface area contributed by atoms with Crippen LogP contribution in [0.4, 0.5) is 11.4 Å². The Hall–Kier alpha value is -2.97. The van der Waals surface area contributed by atoms with Gasteiger partial charge in [-0.1, -0.05) is 49.3 Å². The zero-order valence-corrected chi connectivity index (χ0v) is 21.2. The number of rotatable bonds is 11. The molecule has 9 heteroatoms. The number of benzene rings is 2. The van der Waals surface area contributed by atoms with Gasteiger partial charge in [0.15, 0.2) is 5.57 Å². The molecule has 2 aromatic carbocycles. The maximum atomic E-state index is 12.6. The van der Waals surface area contributed by atoms with E-state index in [4.69, 9.17) is 21.1 Å². The number of esters is 2. The summed E-state index contributed by atoms with van der Waals surface area (Å²) in [6, 6.07) is 14.3. The van der Waals surface area contributed by atoms with Crippen molar-refractivity contribution in [3.05, 3.63) is 69.7 Å². The first-order chi connectivity index (χ1) is 16.2. The number of hydrogen-bond donors (Lipinski definition) is 2. The third-order valence-corrected chi connectivity index (χ3v) is 5.75. The van der Waals surface area contributed by atoms with Gasteiger partial charge in [0.1, 0.15) is 0 Å². The van der Waals surface area contributed by atoms with Crippen molar-refractivity contribution in [3.63, 3.8) is 0 Å². The molecule has 34 heavy (non-hydrogen) atoms. The van der Waals surface area contributed by atoms with E-state index in [1.165, 1.54) is 5.56 Å². The van der Waals surface area contributed by atoms with Gasteiger partial charge < -0.3 is 20.1 Å². The smallest absolute Gasteiger partial charge is 0.348 e. The zero-order valence-electron chi connectivity index (χ0n) is 19.6. The van der Waals surface area contributed by atoms with Crippen LogP contribution in [0.5, 0.6) is 0 Å². The number of carbonyl (C=O) groups is 3. The van der Waals surface area contributed by atoms with E-state index in [0.29, 0.717) is 22.3 Å². The number of carbonyl (C=O) groups excluding carboxylic acids is 3. The Kier molecular flexibility index (Phi) is 11.0. The fourth-order valence-corrected chi connectivity index (χ4v) is 3.77. The van der Waals surface area contributed by atoms with E-state index < -0.39 is 11.9 Å². The number of nitrogens with one attached hydrogen (secondary N) is 2. The molecule has 0 spiro atoms. The molecule has 182 valence electrons. The van der Waals surface area contributed by atoms with E-state index in [9.17, 15) is 14.4 Å². The second kappa shape index (κ2) is 13.7. The second-order valence-electron chi connectivity index (χ2n) is 7.39. The van der Waals surface area contributed by atoms with Crippen LogP contribution in [0.2, 0.25) is 5.02 Å². The predicted octanol–water partition coefficient (Wildman–Crippen LogP) is 5.59. The van der Waals surface area contributed by atoms with Gasteiger partial charge in [0.25, 0.3) is 0 Å². The van der Waals surface area contributed by atoms with E-state index in [1.54, 1.807) is 38.1 Å². The van der Waals surface area contributed by atoms with Crippen LogP contribution in [0, 0.1) is 0 Å². The Balaban J connectivity index is 2.27. The van der Waals surface area contributed by atoms with E-state index in [0.717, 1.165) is 11.8 Å². The van der Waals surface area contributed by atoms with Crippen molar-refractivity contribution in [1.82, 2.24) is 0 Å². The molecule has 0 fully saturated rings. The maximum Gasteiger partial charge on any atom is 0.348 e. The summed E-state index contributed by atoms with van der Waals surface area (Å²) in [6.07, 6.45) is 0. The van der Waals surface area contributed by atoms with Crippen LogP contribution in [-0.4, -0.2) is 36.8 Å². The van der Waals surface area contributed by atoms with Gasteiger partial charge in [0, 0.05) is 16.4 Å². The monoisotopic (exact) mass is 504 g/mol. The molecule has 2 aromatic rings. The SMILES string of the molecule is CCOC(=O)C(C(=O)OCC)=C(Nc1ccc(Cl)cc1)SCC(=O)Nc1ccc(C(C)C)cc1. The molecule has 2 N–H and O–H groups in total. The van der Waals surface area contributed by atoms with Gasteiger partial charge in [-0.15, -0.1) is 0 Å². The van der Waals surface area contributed by atoms with Crippen LogP contribution in [0.15, 0.2) is 59.1 Å². The van der Waals surface area contributed by atoms with Gasteiger partial charge in [-0.25, -0.2) is 9.59 Å².